The molecule has 2 heterocycles. The van der Waals surface area contributed by atoms with Crippen LogP contribution in [0, 0.1) is 5.92 Å². The number of amides is 1. The van der Waals surface area contributed by atoms with Crippen LogP contribution in [0.25, 0.3) is 6.08 Å². The van der Waals surface area contributed by atoms with Crippen molar-refractivity contribution in [2.75, 3.05) is 36.9 Å². The number of rotatable bonds is 2. The molecule has 19 heavy (non-hydrogen) atoms. The Morgan fingerprint density at radius 3 is 3.11 bits per heavy atom. The van der Waals surface area contributed by atoms with Crippen LogP contribution < -0.4 is 15.5 Å². The molecule has 0 aromatic heterocycles. The fourth-order valence-corrected chi connectivity index (χ4v) is 2.67. The highest BCUT2D eigenvalue weighted by atomic mass is 16.2. The molecule has 2 aliphatic rings. The third kappa shape index (κ3) is 2.36. The average Bonchev–Trinajstić information content (AvgIpc) is 2.99. The Morgan fingerprint density at radius 1 is 1.42 bits per heavy atom. The van der Waals surface area contributed by atoms with Gasteiger partial charge in [-0.05, 0) is 30.7 Å². The van der Waals surface area contributed by atoms with E-state index in [2.05, 4.69) is 34.9 Å². The fourth-order valence-electron chi connectivity index (χ4n) is 2.67. The normalized spacial score (nSPS) is 20.8. The van der Waals surface area contributed by atoms with E-state index in [1.807, 2.05) is 13.1 Å². The molecule has 4 nitrogen and oxygen atoms in total. The molecule has 2 N–H and O–H groups in total. The van der Waals surface area contributed by atoms with Crippen molar-refractivity contribution >= 4 is 23.4 Å². The van der Waals surface area contributed by atoms with Gasteiger partial charge in [-0.25, -0.2) is 0 Å². The second-order valence-electron chi connectivity index (χ2n) is 5.14. The van der Waals surface area contributed by atoms with Crippen molar-refractivity contribution in [3.05, 3.63) is 29.8 Å². The van der Waals surface area contributed by atoms with Gasteiger partial charge in [-0.15, -0.1) is 0 Å². The van der Waals surface area contributed by atoms with E-state index < -0.39 is 0 Å². The number of fused-ring (bicyclic) bond motifs is 1. The summed E-state index contributed by atoms with van der Waals surface area (Å²) in [6.07, 6.45) is 5.15. The van der Waals surface area contributed by atoms with Gasteiger partial charge in [-0.2, -0.15) is 0 Å². The molecule has 2 aliphatic heterocycles. The number of benzene rings is 1. The van der Waals surface area contributed by atoms with Gasteiger partial charge in [0.15, 0.2) is 0 Å². The summed E-state index contributed by atoms with van der Waals surface area (Å²) in [6, 6.07) is 6.12. The van der Waals surface area contributed by atoms with Gasteiger partial charge in [-0.1, -0.05) is 18.2 Å². The Morgan fingerprint density at radius 2 is 2.32 bits per heavy atom. The zero-order chi connectivity index (χ0) is 13.2. The van der Waals surface area contributed by atoms with Crippen molar-refractivity contribution in [3.63, 3.8) is 0 Å². The number of carbonyl (C=O) groups is 1. The molecule has 1 unspecified atom stereocenters. The zero-order valence-electron chi connectivity index (χ0n) is 11.1. The quantitative estimate of drug-likeness (QED) is 0.847. The van der Waals surface area contributed by atoms with E-state index in [4.69, 9.17) is 0 Å². The predicted molar refractivity (Wildman–Crippen MR) is 78.4 cm³/mol. The van der Waals surface area contributed by atoms with Crippen LogP contribution >= 0.6 is 0 Å². The summed E-state index contributed by atoms with van der Waals surface area (Å²) < 4.78 is 0. The van der Waals surface area contributed by atoms with Gasteiger partial charge < -0.3 is 15.5 Å². The molecular formula is C15H19N3O. The topological polar surface area (TPSA) is 44.4 Å². The summed E-state index contributed by atoms with van der Waals surface area (Å²) in [5.41, 5.74) is 3.24. The zero-order valence-corrected chi connectivity index (χ0v) is 11.1. The van der Waals surface area contributed by atoms with Crippen LogP contribution in [0.15, 0.2) is 24.3 Å². The minimum absolute atomic E-state index is 0.119. The lowest BCUT2D eigenvalue weighted by atomic mass is 10.1. The maximum Gasteiger partial charge on any atom is 0.231 e. The molecule has 1 aromatic carbocycles. The Balaban J connectivity index is 1.81. The van der Waals surface area contributed by atoms with Gasteiger partial charge in [-0.3, -0.25) is 4.79 Å². The SMILES string of the molecule is CN(C(=O)C1CCNC1)c1ccc2c(c1)NCC=C2. The predicted octanol–water partition coefficient (Wildman–Crippen LogP) is 1.70. The minimum atomic E-state index is 0.119. The van der Waals surface area contributed by atoms with Gasteiger partial charge in [0.25, 0.3) is 0 Å². The monoisotopic (exact) mass is 257 g/mol. The molecule has 0 radical (unpaired) electrons. The maximum atomic E-state index is 12.4. The molecule has 1 fully saturated rings. The lowest BCUT2D eigenvalue weighted by Gasteiger charge is -2.23. The van der Waals surface area contributed by atoms with E-state index in [-0.39, 0.29) is 11.8 Å². The summed E-state index contributed by atoms with van der Waals surface area (Å²) in [4.78, 5) is 14.1. The first-order valence-electron chi connectivity index (χ1n) is 6.78. The van der Waals surface area contributed by atoms with E-state index >= 15 is 0 Å². The van der Waals surface area contributed by atoms with Crippen LogP contribution in [0.3, 0.4) is 0 Å². The van der Waals surface area contributed by atoms with Crippen LogP contribution in [0.2, 0.25) is 0 Å². The van der Waals surface area contributed by atoms with E-state index in [0.29, 0.717) is 0 Å². The molecule has 0 saturated carbocycles. The molecule has 1 atom stereocenters. The number of hydrogen-bond donors (Lipinski definition) is 2. The Kier molecular flexibility index (Phi) is 3.25. The first-order chi connectivity index (χ1) is 9.25. The minimum Gasteiger partial charge on any atom is -0.381 e. The molecular weight excluding hydrogens is 238 g/mol. The molecule has 3 rings (SSSR count). The standard InChI is InChI=1S/C15H19N3O/c1-18(15(19)12-6-8-16-10-12)13-5-4-11-3-2-7-17-14(11)9-13/h2-5,9,12,16-17H,6-8,10H2,1H3. The van der Waals surface area contributed by atoms with Gasteiger partial charge in [0.2, 0.25) is 5.91 Å². The largest absolute Gasteiger partial charge is 0.381 e. The lowest BCUT2D eigenvalue weighted by Crippen LogP contribution is -2.34. The van der Waals surface area contributed by atoms with Gasteiger partial charge in [0.05, 0.1) is 5.92 Å². The summed E-state index contributed by atoms with van der Waals surface area (Å²) in [5.74, 6) is 0.324. The van der Waals surface area contributed by atoms with E-state index in [1.165, 1.54) is 5.56 Å². The highest BCUT2D eigenvalue weighted by Crippen LogP contribution is 2.27. The van der Waals surface area contributed by atoms with Gasteiger partial charge in [0, 0.05) is 31.5 Å². The lowest BCUT2D eigenvalue weighted by molar-refractivity contribution is -0.121. The highest BCUT2D eigenvalue weighted by molar-refractivity contribution is 5.95. The smallest absolute Gasteiger partial charge is 0.231 e. The Labute approximate surface area is 113 Å². The van der Waals surface area contributed by atoms with Crippen molar-refractivity contribution in [2.24, 2.45) is 5.92 Å². The van der Waals surface area contributed by atoms with E-state index in [9.17, 15) is 4.79 Å². The van der Waals surface area contributed by atoms with Crippen LogP contribution in [-0.2, 0) is 4.79 Å². The third-order valence-corrected chi connectivity index (χ3v) is 3.87. The molecule has 1 amide bonds. The molecule has 0 bridgehead atoms. The summed E-state index contributed by atoms with van der Waals surface area (Å²) in [5, 5.41) is 6.57. The average molecular weight is 257 g/mol. The number of anilines is 2. The number of carbonyl (C=O) groups excluding carboxylic acids is 1. The summed E-state index contributed by atoms with van der Waals surface area (Å²) in [6.45, 7) is 2.59. The van der Waals surface area contributed by atoms with Crippen LogP contribution in [0.1, 0.15) is 12.0 Å². The molecule has 100 valence electrons. The van der Waals surface area contributed by atoms with Crippen molar-refractivity contribution < 1.29 is 4.79 Å². The van der Waals surface area contributed by atoms with E-state index in [1.54, 1.807) is 4.90 Å². The summed E-state index contributed by atoms with van der Waals surface area (Å²) in [7, 11) is 1.86. The van der Waals surface area contributed by atoms with Crippen LogP contribution in [0.5, 0.6) is 0 Å². The van der Waals surface area contributed by atoms with Crippen molar-refractivity contribution in [1.82, 2.24) is 5.32 Å². The van der Waals surface area contributed by atoms with Crippen molar-refractivity contribution in [1.29, 1.82) is 0 Å². The van der Waals surface area contributed by atoms with Gasteiger partial charge in [0.1, 0.15) is 0 Å². The number of nitrogens with one attached hydrogen (secondary N) is 2. The first kappa shape index (κ1) is 12.2. The molecule has 1 saturated heterocycles. The number of nitrogens with zero attached hydrogens (tertiary/aromatic N) is 1. The Hall–Kier alpha value is -1.81. The fraction of sp³-hybridized carbons (Fsp3) is 0.400. The number of hydrogen-bond acceptors (Lipinski definition) is 3. The third-order valence-electron chi connectivity index (χ3n) is 3.87. The first-order valence-corrected chi connectivity index (χ1v) is 6.78. The summed E-state index contributed by atoms with van der Waals surface area (Å²) >= 11 is 0. The van der Waals surface area contributed by atoms with Crippen molar-refractivity contribution in [2.45, 2.75) is 6.42 Å². The second-order valence-corrected chi connectivity index (χ2v) is 5.14. The van der Waals surface area contributed by atoms with Gasteiger partial charge >= 0.3 is 0 Å². The molecule has 1 aromatic rings. The van der Waals surface area contributed by atoms with Crippen LogP contribution in [0.4, 0.5) is 11.4 Å². The van der Waals surface area contributed by atoms with E-state index in [0.717, 1.165) is 37.4 Å². The maximum absolute atomic E-state index is 12.4. The highest BCUT2D eigenvalue weighted by Gasteiger charge is 2.26. The molecule has 0 aliphatic carbocycles. The van der Waals surface area contributed by atoms with Crippen molar-refractivity contribution in [3.8, 4) is 0 Å². The molecule has 0 spiro atoms. The Bertz CT molecular complexity index is 518. The second kappa shape index (κ2) is 5.05. The van der Waals surface area contributed by atoms with Crippen LogP contribution in [-0.4, -0.2) is 32.6 Å². The molecule has 4 heteroatoms.